The van der Waals surface area contributed by atoms with Gasteiger partial charge in [0.05, 0.1) is 7.11 Å². The van der Waals surface area contributed by atoms with Gasteiger partial charge in [-0.05, 0) is 36.3 Å². The summed E-state index contributed by atoms with van der Waals surface area (Å²) < 4.78 is 5.20. The van der Waals surface area contributed by atoms with Gasteiger partial charge in [0.1, 0.15) is 11.5 Å². The van der Waals surface area contributed by atoms with E-state index in [0.717, 1.165) is 24.8 Å². The quantitative estimate of drug-likeness (QED) is 0.792. The Balaban J connectivity index is 2.20. The Kier molecular flexibility index (Phi) is 2.57. The molecule has 0 bridgehead atoms. The van der Waals surface area contributed by atoms with E-state index < -0.39 is 0 Å². The Morgan fingerprint density at radius 3 is 2.67 bits per heavy atom. The van der Waals surface area contributed by atoms with Gasteiger partial charge in [-0.15, -0.1) is 0 Å². The lowest BCUT2D eigenvalue weighted by atomic mass is 9.96. The molecule has 1 fully saturated rings. The van der Waals surface area contributed by atoms with Crippen molar-refractivity contribution in [2.45, 2.75) is 19.3 Å². The Hall–Kier alpha value is -1.22. The van der Waals surface area contributed by atoms with Crippen LogP contribution >= 0.6 is 0 Å². The number of hydrogen-bond acceptors (Lipinski definition) is 3. The maximum atomic E-state index is 9.31. The van der Waals surface area contributed by atoms with Crippen molar-refractivity contribution >= 4 is 0 Å². The predicted octanol–water partition coefficient (Wildman–Crippen LogP) is 1.72. The maximum absolute atomic E-state index is 9.31. The Labute approximate surface area is 89.3 Å². The van der Waals surface area contributed by atoms with Crippen molar-refractivity contribution in [1.29, 1.82) is 0 Å². The molecule has 3 heteroatoms. The summed E-state index contributed by atoms with van der Waals surface area (Å²) >= 11 is 0. The zero-order chi connectivity index (χ0) is 10.9. The van der Waals surface area contributed by atoms with Gasteiger partial charge in [0.2, 0.25) is 0 Å². The van der Waals surface area contributed by atoms with Crippen molar-refractivity contribution in [1.82, 2.24) is 0 Å². The third kappa shape index (κ3) is 2.07. The van der Waals surface area contributed by atoms with Gasteiger partial charge in [-0.2, -0.15) is 0 Å². The SMILES string of the molecule is COc1cc(O)ccc1CC1(CO)CC1. The number of ether oxygens (including phenoxy) is 1. The number of phenolic OH excluding ortho intramolecular Hbond substituents is 1. The second-order valence-electron chi connectivity index (χ2n) is 4.33. The van der Waals surface area contributed by atoms with Crippen LogP contribution in [0, 0.1) is 5.41 Å². The Morgan fingerprint density at radius 1 is 1.40 bits per heavy atom. The first-order valence-corrected chi connectivity index (χ1v) is 5.16. The lowest BCUT2D eigenvalue weighted by molar-refractivity contribution is 0.210. The fraction of sp³-hybridized carbons (Fsp3) is 0.500. The topological polar surface area (TPSA) is 49.7 Å². The monoisotopic (exact) mass is 208 g/mol. The number of phenols is 1. The first-order chi connectivity index (χ1) is 7.19. The van der Waals surface area contributed by atoms with Crippen LogP contribution in [0.15, 0.2) is 18.2 Å². The lowest BCUT2D eigenvalue weighted by Crippen LogP contribution is -2.10. The molecule has 3 nitrogen and oxygen atoms in total. The molecule has 1 aliphatic rings. The van der Waals surface area contributed by atoms with Gasteiger partial charge >= 0.3 is 0 Å². The van der Waals surface area contributed by atoms with Crippen LogP contribution in [-0.2, 0) is 6.42 Å². The second kappa shape index (κ2) is 3.74. The largest absolute Gasteiger partial charge is 0.508 e. The van der Waals surface area contributed by atoms with Crippen molar-refractivity contribution in [3.8, 4) is 11.5 Å². The van der Waals surface area contributed by atoms with Gasteiger partial charge < -0.3 is 14.9 Å². The fourth-order valence-electron chi connectivity index (χ4n) is 1.85. The third-order valence-electron chi connectivity index (χ3n) is 3.13. The van der Waals surface area contributed by atoms with Gasteiger partial charge in [-0.3, -0.25) is 0 Å². The average Bonchev–Trinajstić information content (AvgIpc) is 3.01. The third-order valence-corrected chi connectivity index (χ3v) is 3.13. The normalized spacial score (nSPS) is 17.5. The summed E-state index contributed by atoms with van der Waals surface area (Å²) in [4.78, 5) is 0. The molecule has 0 radical (unpaired) electrons. The molecule has 15 heavy (non-hydrogen) atoms. The van der Waals surface area contributed by atoms with E-state index >= 15 is 0 Å². The van der Waals surface area contributed by atoms with Crippen LogP contribution in [0.25, 0.3) is 0 Å². The molecular weight excluding hydrogens is 192 g/mol. The highest BCUT2D eigenvalue weighted by Gasteiger charge is 2.42. The van der Waals surface area contributed by atoms with Crippen molar-refractivity contribution in [3.63, 3.8) is 0 Å². The fourth-order valence-corrected chi connectivity index (χ4v) is 1.85. The first kappa shape index (κ1) is 10.3. The zero-order valence-corrected chi connectivity index (χ0v) is 8.86. The Bertz CT molecular complexity index is 356. The van der Waals surface area contributed by atoms with Gasteiger partial charge in [0.15, 0.2) is 0 Å². The number of rotatable bonds is 4. The van der Waals surface area contributed by atoms with Crippen LogP contribution in [0.4, 0.5) is 0 Å². The van der Waals surface area contributed by atoms with Crippen molar-refractivity contribution in [3.05, 3.63) is 23.8 Å². The van der Waals surface area contributed by atoms with Gasteiger partial charge in [0, 0.05) is 12.7 Å². The second-order valence-corrected chi connectivity index (χ2v) is 4.33. The molecule has 1 aromatic carbocycles. The van der Waals surface area contributed by atoms with E-state index in [1.807, 2.05) is 6.07 Å². The Morgan fingerprint density at radius 2 is 2.13 bits per heavy atom. The summed E-state index contributed by atoms with van der Waals surface area (Å²) in [5, 5.41) is 18.6. The van der Waals surface area contributed by atoms with Crippen molar-refractivity contribution in [2.75, 3.05) is 13.7 Å². The van der Waals surface area contributed by atoms with Crippen LogP contribution < -0.4 is 4.74 Å². The summed E-state index contributed by atoms with van der Waals surface area (Å²) in [7, 11) is 1.59. The maximum Gasteiger partial charge on any atom is 0.125 e. The molecule has 0 unspecified atom stereocenters. The number of hydrogen-bond donors (Lipinski definition) is 2. The molecule has 2 N–H and O–H groups in total. The molecule has 0 amide bonds. The van der Waals surface area contributed by atoms with Crippen LogP contribution in [0.3, 0.4) is 0 Å². The van der Waals surface area contributed by atoms with Gasteiger partial charge in [0.25, 0.3) is 0 Å². The molecule has 0 saturated heterocycles. The molecule has 1 saturated carbocycles. The number of methoxy groups -OCH3 is 1. The molecule has 0 aliphatic heterocycles. The summed E-state index contributed by atoms with van der Waals surface area (Å²) in [6.45, 7) is 0.233. The lowest BCUT2D eigenvalue weighted by Gasteiger charge is -2.14. The van der Waals surface area contributed by atoms with Crippen molar-refractivity contribution < 1.29 is 14.9 Å². The number of aromatic hydroxyl groups is 1. The molecule has 82 valence electrons. The minimum atomic E-state index is 0.0737. The number of benzene rings is 1. The van der Waals surface area contributed by atoms with E-state index in [1.165, 1.54) is 0 Å². The van der Waals surface area contributed by atoms with E-state index in [9.17, 15) is 10.2 Å². The van der Waals surface area contributed by atoms with Crippen LogP contribution in [-0.4, -0.2) is 23.9 Å². The van der Waals surface area contributed by atoms with E-state index in [0.29, 0.717) is 5.75 Å². The van der Waals surface area contributed by atoms with Gasteiger partial charge in [-0.25, -0.2) is 0 Å². The highest BCUT2D eigenvalue weighted by atomic mass is 16.5. The van der Waals surface area contributed by atoms with E-state index in [2.05, 4.69) is 0 Å². The molecule has 0 atom stereocenters. The van der Waals surface area contributed by atoms with Gasteiger partial charge in [-0.1, -0.05) is 6.07 Å². The molecule has 0 heterocycles. The molecule has 0 spiro atoms. The van der Waals surface area contributed by atoms with Crippen LogP contribution in [0.1, 0.15) is 18.4 Å². The molecule has 1 aliphatic carbocycles. The van der Waals surface area contributed by atoms with E-state index in [4.69, 9.17) is 4.74 Å². The predicted molar refractivity (Wildman–Crippen MR) is 57.1 cm³/mol. The first-order valence-electron chi connectivity index (χ1n) is 5.16. The number of aliphatic hydroxyl groups is 1. The number of aliphatic hydroxyl groups excluding tert-OH is 1. The summed E-state index contributed by atoms with van der Waals surface area (Å²) in [6.07, 6.45) is 2.98. The summed E-state index contributed by atoms with van der Waals surface area (Å²) in [6, 6.07) is 5.14. The average molecular weight is 208 g/mol. The van der Waals surface area contributed by atoms with Crippen LogP contribution in [0.5, 0.6) is 11.5 Å². The molecular formula is C12H16O3. The summed E-state index contributed by atoms with van der Waals surface area (Å²) in [5.41, 5.74) is 1.13. The highest BCUT2D eigenvalue weighted by Crippen LogP contribution is 2.49. The zero-order valence-electron chi connectivity index (χ0n) is 8.86. The summed E-state index contributed by atoms with van der Waals surface area (Å²) in [5.74, 6) is 0.916. The van der Waals surface area contributed by atoms with Crippen molar-refractivity contribution in [2.24, 2.45) is 5.41 Å². The molecule has 2 rings (SSSR count). The smallest absolute Gasteiger partial charge is 0.125 e. The van der Waals surface area contributed by atoms with E-state index in [1.54, 1.807) is 19.2 Å². The highest BCUT2D eigenvalue weighted by molar-refractivity contribution is 5.41. The minimum absolute atomic E-state index is 0.0737. The minimum Gasteiger partial charge on any atom is -0.508 e. The molecule has 0 aromatic heterocycles. The van der Waals surface area contributed by atoms with E-state index in [-0.39, 0.29) is 17.8 Å². The standard InChI is InChI=1S/C12H16O3/c1-15-11-6-10(14)3-2-9(11)7-12(8-13)4-5-12/h2-3,6,13-14H,4-5,7-8H2,1H3. The van der Waals surface area contributed by atoms with Crippen LogP contribution in [0.2, 0.25) is 0 Å². The molecule has 1 aromatic rings.